The van der Waals surface area contributed by atoms with Gasteiger partial charge in [-0.2, -0.15) is 0 Å². The van der Waals surface area contributed by atoms with Gasteiger partial charge in [-0.3, -0.25) is 0 Å². The van der Waals surface area contributed by atoms with Crippen molar-refractivity contribution in [3.8, 4) is 0 Å². The molecule has 3 N–H and O–H groups in total. The number of nitrogens with zero attached hydrogens (tertiary/aromatic N) is 1. The third-order valence-corrected chi connectivity index (χ3v) is 2.56. The van der Waals surface area contributed by atoms with Gasteiger partial charge in [0.25, 0.3) is 0 Å². The van der Waals surface area contributed by atoms with Gasteiger partial charge in [0.2, 0.25) is 0 Å². The number of aliphatic hydroxyl groups excluding tert-OH is 1. The van der Waals surface area contributed by atoms with Crippen molar-refractivity contribution < 1.29 is 5.11 Å². The summed E-state index contributed by atoms with van der Waals surface area (Å²) >= 11 is 11.6. The second-order valence-electron chi connectivity index (χ2n) is 3.04. The van der Waals surface area contributed by atoms with Crippen LogP contribution in [0, 0.1) is 0 Å². The van der Waals surface area contributed by atoms with Crippen molar-refractivity contribution in [3.05, 3.63) is 28.0 Å². The van der Waals surface area contributed by atoms with Crippen LogP contribution >= 0.6 is 23.2 Å². The maximum atomic E-state index is 9.02. The molecule has 0 unspecified atom stereocenters. The third kappa shape index (κ3) is 2.11. The van der Waals surface area contributed by atoms with Crippen LogP contribution in [0.1, 0.15) is 12.5 Å². The van der Waals surface area contributed by atoms with E-state index in [9.17, 15) is 0 Å². The standard InChI is InChI=1S/C8H10Cl2N2O/c1-8(11,4-13)5-2-3-12-7(10)6(5)9/h2-3,13H,4,11H2,1H3/t8-/m1/s1. The van der Waals surface area contributed by atoms with E-state index in [1.165, 1.54) is 6.20 Å². The summed E-state index contributed by atoms with van der Waals surface area (Å²) in [6.45, 7) is 1.47. The summed E-state index contributed by atoms with van der Waals surface area (Å²) in [4.78, 5) is 3.78. The van der Waals surface area contributed by atoms with Gasteiger partial charge in [-0.25, -0.2) is 4.98 Å². The molecule has 0 spiro atoms. The van der Waals surface area contributed by atoms with E-state index in [1.54, 1.807) is 13.0 Å². The van der Waals surface area contributed by atoms with E-state index < -0.39 is 5.54 Å². The molecular formula is C8H10Cl2N2O. The van der Waals surface area contributed by atoms with Crippen molar-refractivity contribution in [2.24, 2.45) is 5.73 Å². The molecule has 0 fully saturated rings. The molecular weight excluding hydrogens is 211 g/mol. The number of pyridine rings is 1. The summed E-state index contributed by atoms with van der Waals surface area (Å²) in [6, 6.07) is 1.64. The zero-order valence-electron chi connectivity index (χ0n) is 7.09. The maximum Gasteiger partial charge on any atom is 0.147 e. The molecule has 1 rings (SSSR count). The molecule has 0 aliphatic heterocycles. The minimum Gasteiger partial charge on any atom is -0.394 e. The molecule has 1 aromatic heterocycles. The highest BCUT2D eigenvalue weighted by molar-refractivity contribution is 6.41. The molecule has 0 saturated carbocycles. The van der Waals surface area contributed by atoms with Crippen molar-refractivity contribution in [1.82, 2.24) is 4.98 Å². The number of aromatic nitrogens is 1. The first-order valence-electron chi connectivity index (χ1n) is 3.69. The molecule has 72 valence electrons. The molecule has 3 nitrogen and oxygen atoms in total. The molecule has 0 aliphatic carbocycles. The Morgan fingerprint density at radius 3 is 2.77 bits per heavy atom. The first kappa shape index (κ1) is 10.7. The van der Waals surface area contributed by atoms with E-state index >= 15 is 0 Å². The van der Waals surface area contributed by atoms with E-state index in [0.29, 0.717) is 10.6 Å². The fraction of sp³-hybridized carbons (Fsp3) is 0.375. The number of nitrogens with two attached hydrogens (primary N) is 1. The number of halogens is 2. The zero-order valence-corrected chi connectivity index (χ0v) is 8.60. The van der Waals surface area contributed by atoms with E-state index in [4.69, 9.17) is 34.0 Å². The molecule has 0 radical (unpaired) electrons. The SMILES string of the molecule is C[C@@](N)(CO)c1ccnc(Cl)c1Cl. The Morgan fingerprint density at radius 1 is 1.62 bits per heavy atom. The second-order valence-corrected chi connectivity index (χ2v) is 3.77. The lowest BCUT2D eigenvalue weighted by Gasteiger charge is -2.23. The van der Waals surface area contributed by atoms with Crippen molar-refractivity contribution >= 4 is 23.2 Å². The maximum absolute atomic E-state index is 9.02. The van der Waals surface area contributed by atoms with Gasteiger partial charge in [-0.05, 0) is 18.6 Å². The van der Waals surface area contributed by atoms with Gasteiger partial charge in [0, 0.05) is 6.20 Å². The Bertz CT molecular complexity index is 315. The zero-order chi connectivity index (χ0) is 10.1. The fourth-order valence-electron chi connectivity index (χ4n) is 0.944. The summed E-state index contributed by atoms with van der Waals surface area (Å²) in [6.07, 6.45) is 1.50. The number of rotatable bonds is 2. The minimum absolute atomic E-state index is 0.198. The average molecular weight is 221 g/mol. The van der Waals surface area contributed by atoms with Crippen LogP contribution in [0.15, 0.2) is 12.3 Å². The van der Waals surface area contributed by atoms with Gasteiger partial charge in [-0.15, -0.1) is 0 Å². The molecule has 1 aromatic rings. The van der Waals surface area contributed by atoms with Crippen molar-refractivity contribution in [1.29, 1.82) is 0 Å². The van der Waals surface area contributed by atoms with E-state index in [-0.39, 0.29) is 11.8 Å². The monoisotopic (exact) mass is 220 g/mol. The van der Waals surface area contributed by atoms with Crippen LogP contribution in [0.25, 0.3) is 0 Å². The topological polar surface area (TPSA) is 59.1 Å². The molecule has 1 heterocycles. The van der Waals surface area contributed by atoms with E-state index in [0.717, 1.165) is 0 Å². The average Bonchev–Trinajstić information content (AvgIpc) is 2.09. The quantitative estimate of drug-likeness (QED) is 0.745. The Balaban J connectivity index is 3.22. The fourth-order valence-corrected chi connectivity index (χ4v) is 1.43. The van der Waals surface area contributed by atoms with Gasteiger partial charge >= 0.3 is 0 Å². The summed E-state index contributed by atoms with van der Waals surface area (Å²) < 4.78 is 0. The predicted molar refractivity (Wildman–Crippen MR) is 52.9 cm³/mol. The molecule has 0 aliphatic rings. The van der Waals surface area contributed by atoms with Gasteiger partial charge < -0.3 is 10.8 Å². The first-order valence-corrected chi connectivity index (χ1v) is 4.45. The van der Waals surface area contributed by atoms with Gasteiger partial charge in [-0.1, -0.05) is 23.2 Å². The van der Waals surface area contributed by atoms with Crippen LogP contribution in [0.2, 0.25) is 10.2 Å². The number of hydrogen-bond donors (Lipinski definition) is 2. The largest absolute Gasteiger partial charge is 0.394 e. The van der Waals surface area contributed by atoms with Crippen LogP contribution in [-0.2, 0) is 5.54 Å². The molecule has 0 aromatic carbocycles. The summed E-state index contributed by atoms with van der Waals surface area (Å²) in [5.41, 5.74) is 5.50. The van der Waals surface area contributed by atoms with Crippen LogP contribution in [0.5, 0.6) is 0 Å². The summed E-state index contributed by atoms with van der Waals surface area (Å²) in [5.74, 6) is 0. The normalized spacial score (nSPS) is 15.5. The lowest BCUT2D eigenvalue weighted by Crippen LogP contribution is -2.37. The van der Waals surface area contributed by atoms with E-state index in [1.807, 2.05) is 0 Å². The molecule has 1 atom stereocenters. The number of aliphatic hydroxyl groups is 1. The summed E-state index contributed by atoms with van der Waals surface area (Å²) in [7, 11) is 0. The Hall–Kier alpha value is -0.350. The highest BCUT2D eigenvalue weighted by Gasteiger charge is 2.24. The second kappa shape index (κ2) is 3.80. The molecule has 0 amide bonds. The highest BCUT2D eigenvalue weighted by atomic mass is 35.5. The lowest BCUT2D eigenvalue weighted by molar-refractivity contribution is 0.210. The van der Waals surface area contributed by atoms with Crippen LogP contribution < -0.4 is 5.73 Å². The molecule has 13 heavy (non-hydrogen) atoms. The Morgan fingerprint density at radius 2 is 2.23 bits per heavy atom. The van der Waals surface area contributed by atoms with Crippen molar-refractivity contribution in [2.75, 3.05) is 6.61 Å². The number of hydrogen-bond acceptors (Lipinski definition) is 3. The molecule has 0 bridgehead atoms. The molecule has 5 heteroatoms. The molecule has 0 saturated heterocycles. The van der Waals surface area contributed by atoms with Crippen LogP contribution in [0.4, 0.5) is 0 Å². The summed E-state index contributed by atoms with van der Waals surface area (Å²) in [5, 5.41) is 9.51. The van der Waals surface area contributed by atoms with Crippen LogP contribution in [-0.4, -0.2) is 16.7 Å². The van der Waals surface area contributed by atoms with Crippen molar-refractivity contribution in [3.63, 3.8) is 0 Å². The van der Waals surface area contributed by atoms with Gasteiger partial charge in [0.1, 0.15) is 5.15 Å². The Labute approximate surface area is 86.5 Å². The van der Waals surface area contributed by atoms with E-state index in [2.05, 4.69) is 4.98 Å². The lowest BCUT2D eigenvalue weighted by atomic mass is 9.95. The van der Waals surface area contributed by atoms with Gasteiger partial charge in [0.15, 0.2) is 0 Å². The smallest absolute Gasteiger partial charge is 0.147 e. The third-order valence-electron chi connectivity index (χ3n) is 1.79. The Kier molecular flexibility index (Phi) is 3.14. The predicted octanol–water partition coefficient (Wildman–Crippen LogP) is 1.55. The minimum atomic E-state index is -0.885. The van der Waals surface area contributed by atoms with Crippen LogP contribution in [0.3, 0.4) is 0 Å². The van der Waals surface area contributed by atoms with Crippen molar-refractivity contribution in [2.45, 2.75) is 12.5 Å². The highest BCUT2D eigenvalue weighted by Crippen LogP contribution is 2.29. The van der Waals surface area contributed by atoms with Gasteiger partial charge in [0.05, 0.1) is 17.2 Å². The first-order chi connectivity index (χ1) is 5.99.